The first-order chi connectivity index (χ1) is 12.5. The van der Waals surface area contributed by atoms with Gasteiger partial charge in [0.15, 0.2) is 12.2 Å². The summed E-state index contributed by atoms with van der Waals surface area (Å²) in [6.07, 6.45) is -3.82. The first-order valence-corrected chi connectivity index (χ1v) is 9.24. The second kappa shape index (κ2) is 6.68. The van der Waals surface area contributed by atoms with Crippen molar-refractivity contribution in [3.05, 3.63) is 0 Å². The highest BCUT2D eigenvalue weighted by Gasteiger charge is 2.73. The molecule has 27 heavy (non-hydrogen) atoms. The summed E-state index contributed by atoms with van der Waals surface area (Å²) in [6, 6.07) is -0.661. The van der Waals surface area contributed by atoms with Crippen LogP contribution in [0.25, 0.3) is 0 Å². The predicted octanol–water partition coefficient (Wildman–Crippen LogP) is 1.53. The second-order valence-electron chi connectivity index (χ2n) is 7.79. The second-order valence-corrected chi connectivity index (χ2v) is 7.79. The number of fused-ring (bicyclic) bond motifs is 1. The van der Waals surface area contributed by atoms with Crippen molar-refractivity contribution in [2.45, 2.75) is 83.5 Å². The van der Waals surface area contributed by atoms with Crippen LogP contribution >= 0.6 is 0 Å². The molecule has 7 unspecified atom stereocenters. The van der Waals surface area contributed by atoms with Gasteiger partial charge in [0.2, 0.25) is 5.91 Å². The molecule has 3 rings (SSSR count). The molecule has 152 valence electrons. The lowest BCUT2D eigenvalue weighted by atomic mass is 9.78. The minimum absolute atomic E-state index is 0.133. The van der Waals surface area contributed by atoms with E-state index in [2.05, 4.69) is 0 Å². The number of hydrogen-bond donors (Lipinski definition) is 0. The highest BCUT2D eigenvalue weighted by Crippen LogP contribution is 2.53. The number of likely N-dealkylation sites (tertiary alicyclic amines) is 1. The van der Waals surface area contributed by atoms with E-state index in [1.807, 2.05) is 13.8 Å². The number of rotatable bonds is 6. The summed E-state index contributed by atoms with van der Waals surface area (Å²) in [5, 5.41) is 0. The molecule has 3 saturated heterocycles. The fraction of sp³-hybridized carbons (Fsp3) is 0.833. The molecule has 0 N–H and O–H groups in total. The van der Waals surface area contributed by atoms with Gasteiger partial charge in [-0.2, -0.15) is 0 Å². The molecule has 3 heterocycles. The van der Waals surface area contributed by atoms with Gasteiger partial charge in [0.05, 0.1) is 18.1 Å². The summed E-state index contributed by atoms with van der Waals surface area (Å²) in [4.78, 5) is 39.0. The Morgan fingerprint density at radius 1 is 1.26 bits per heavy atom. The van der Waals surface area contributed by atoms with Crippen LogP contribution in [0.4, 0.5) is 8.78 Å². The van der Waals surface area contributed by atoms with Crippen molar-refractivity contribution in [3.63, 3.8) is 0 Å². The molecule has 0 saturated carbocycles. The van der Waals surface area contributed by atoms with Gasteiger partial charge in [-0.15, -0.1) is 0 Å². The summed E-state index contributed by atoms with van der Waals surface area (Å²) in [5.41, 5.74) is 0. The molecule has 0 radical (unpaired) electrons. The van der Waals surface area contributed by atoms with Gasteiger partial charge in [-0.3, -0.25) is 14.4 Å². The van der Waals surface area contributed by atoms with E-state index in [0.29, 0.717) is 6.92 Å². The van der Waals surface area contributed by atoms with Crippen molar-refractivity contribution in [3.8, 4) is 0 Å². The number of carbonyl (C=O) groups is 3. The molecule has 2 bridgehead atoms. The third-order valence-corrected chi connectivity index (χ3v) is 5.66. The van der Waals surface area contributed by atoms with Crippen LogP contribution < -0.4 is 0 Å². The van der Waals surface area contributed by atoms with E-state index in [0.717, 1.165) is 6.92 Å². The van der Waals surface area contributed by atoms with Crippen LogP contribution in [0.2, 0.25) is 0 Å². The number of ether oxygens (including phenoxy) is 3. The van der Waals surface area contributed by atoms with Gasteiger partial charge in [-0.25, -0.2) is 8.78 Å². The highest BCUT2D eigenvalue weighted by atomic mass is 19.3. The van der Waals surface area contributed by atoms with Crippen LogP contribution in [0.1, 0.15) is 41.0 Å². The third-order valence-electron chi connectivity index (χ3n) is 5.66. The van der Waals surface area contributed by atoms with E-state index < -0.39 is 60.2 Å². The largest absolute Gasteiger partial charge is 0.457 e. The van der Waals surface area contributed by atoms with Gasteiger partial charge in [0, 0.05) is 19.4 Å². The summed E-state index contributed by atoms with van der Waals surface area (Å²) in [5.74, 6) is -6.77. The number of hydrogen-bond acceptors (Lipinski definition) is 6. The summed E-state index contributed by atoms with van der Waals surface area (Å²) in [7, 11) is 0. The van der Waals surface area contributed by atoms with Gasteiger partial charge >= 0.3 is 11.9 Å². The zero-order chi connectivity index (χ0) is 20.3. The zero-order valence-electron chi connectivity index (χ0n) is 16.0. The molecule has 3 aliphatic heterocycles. The van der Waals surface area contributed by atoms with E-state index in [4.69, 9.17) is 14.2 Å². The molecule has 9 heteroatoms. The van der Waals surface area contributed by atoms with Gasteiger partial charge in [-0.05, 0) is 20.8 Å². The monoisotopic (exact) mass is 389 g/mol. The molecular weight excluding hydrogens is 364 g/mol. The maximum Gasteiger partial charge on any atom is 0.313 e. The first-order valence-electron chi connectivity index (χ1n) is 9.24. The molecule has 3 fully saturated rings. The number of alkyl halides is 2. The van der Waals surface area contributed by atoms with Crippen LogP contribution in [0.5, 0.6) is 0 Å². The molecule has 0 aromatic heterocycles. The minimum Gasteiger partial charge on any atom is -0.457 e. The predicted molar refractivity (Wildman–Crippen MR) is 87.8 cm³/mol. The standard InChI is InChI=1S/C18H25F2NO6/c1-6-9(22)26-15-12-13-10(16(23)21(12)7(2)3)11(14(15)27-13)17(24)25-8(4)18(5,19)20/h7-8,10-15H,6H2,1-5H3. The average Bonchev–Trinajstić information content (AvgIpc) is 3.15. The van der Waals surface area contributed by atoms with Crippen molar-refractivity contribution < 1.29 is 37.4 Å². The molecule has 7 nitrogen and oxygen atoms in total. The number of nitrogens with zero attached hydrogens (tertiary/aromatic N) is 1. The molecular formula is C18H25F2NO6. The van der Waals surface area contributed by atoms with Gasteiger partial charge in [-0.1, -0.05) is 6.92 Å². The average molecular weight is 389 g/mol. The Balaban J connectivity index is 1.89. The van der Waals surface area contributed by atoms with E-state index in [1.54, 1.807) is 11.8 Å². The fourth-order valence-corrected chi connectivity index (χ4v) is 4.25. The van der Waals surface area contributed by atoms with Crippen molar-refractivity contribution in [1.82, 2.24) is 4.90 Å². The van der Waals surface area contributed by atoms with Crippen molar-refractivity contribution in [2.24, 2.45) is 11.8 Å². The summed E-state index contributed by atoms with van der Waals surface area (Å²) >= 11 is 0. The Hall–Kier alpha value is -1.77. The minimum atomic E-state index is -3.21. The molecule has 0 aromatic rings. The Morgan fingerprint density at radius 2 is 1.89 bits per heavy atom. The van der Waals surface area contributed by atoms with Crippen LogP contribution in [0, 0.1) is 11.8 Å². The van der Waals surface area contributed by atoms with Crippen LogP contribution in [-0.2, 0) is 28.6 Å². The first kappa shape index (κ1) is 20.0. The smallest absolute Gasteiger partial charge is 0.313 e. The lowest BCUT2D eigenvalue weighted by Crippen LogP contribution is -2.52. The number of halogens is 2. The lowest BCUT2D eigenvalue weighted by molar-refractivity contribution is -0.178. The summed E-state index contributed by atoms with van der Waals surface area (Å²) < 4.78 is 43.1. The van der Waals surface area contributed by atoms with E-state index in [1.165, 1.54) is 0 Å². The van der Waals surface area contributed by atoms with Crippen molar-refractivity contribution in [2.75, 3.05) is 0 Å². The number of amides is 1. The Bertz CT molecular complexity index is 648. The Labute approximate surface area is 156 Å². The van der Waals surface area contributed by atoms with Gasteiger partial charge in [0.1, 0.15) is 12.0 Å². The van der Waals surface area contributed by atoms with Crippen molar-refractivity contribution >= 4 is 17.8 Å². The third kappa shape index (κ3) is 3.09. The van der Waals surface area contributed by atoms with E-state index >= 15 is 0 Å². The van der Waals surface area contributed by atoms with Crippen LogP contribution in [0.3, 0.4) is 0 Å². The normalized spacial score (nSPS) is 35.7. The molecule has 1 amide bonds. The molecule has 3 aliphatic rings. The van der Waals surface area contributed by atoms with E-state index in [9.17, 15) is 23.2 Å². The SMILES string of the molecule is CCC(=O)OC1C2OC3C(C(=O)N(C(C)C)C13)C2C(=O)OC(C)C(C)(F)F. The maximum absolute atomic E-state index is 13.4. The van der Waals surface area contributed by atoms with Gasteiger partial charge < -0.3 is 19.1 Å². The topological polar surface area (TPSA) is 82.1 Å². The van der Waals surface area contributed by atoms with Crippen LogP contribution in [0.15, 0.2) is 0 Å². The molecule has 0 aromatic carbocycles. The van der Waals surface area contributed by atoms with Gasteiger partial charge in [0.25, 0.3) is 5.92 Å². The van der Waals surface area contributed by atoms with E-state index in [-0.39, 0.29) is 18.4 Å². The zero-order valence-corrected chi connectivity index (χ0v) is 16.0. The number of carbonyl (C=O) groups excluding carboxylic acids is 3. The van der Waals surface area contributed by atoms with Crippen molar-refractivity contribution in [1.29, 1.82) is 0 Å². The maximum atomic E-state index is 13.4. The molecule has 0 spiro atoms. The number of esters is 2. The fourth-order valence-electron chi connectivity index (χ4n) is 4.25. The lowest BCUT2D eigenvalue weighted by Gasteiger charge is -2.33. The Morgan fingerprint density at radius 3 is 2.41 bits per heavy atom. The highest BCUT2D eigenvalue weighted by molar-refractivity contribution is 5.91. The Kier molecular flexibility index (Phi) is 4.95. The van der Waals surface area contributed by atoms with Crippen LogP contribution in [-0.4, -0.2) is 65.2 Å². The molecule has 0 aliphatic carbocycles. The summed E-state index contributed by atoms with van der Waals surface area (Å²) in [6.45, 7) is 7.03. The quantitative estimate of drug-likeness (QED) is 0.641. The molecule has 7 atom stereocenters.